The van der Waals surface area contributed by atoms with E-state index in [1.807, 2.05) is 0 Å². The number of hydrogen-bond donors (Lipinski definition) is 1. The Morgan fingerprint density at radius 3 is 2.85 bits per heavy atom. The van der Waals surface area contributed by atoms with Gasteiger partial charge in [0.25, 0.3) is 11.3 Å². The largest absolute Gasteiger partial charge is 0.474 e. The molecule has 138 valence electrons. The number of hydrogen-bond acceptors (Lipinski definition) is 7. The molecule has 0 aliphatic rings. The monoisotopic (exact) mass is 405 g/mol. The number of thiazole rings is 1. The second-order valence-electron chi connectivity index (χ2n) is 6.11. The molecule has 0 saturated heterocycles. The number of aromatic nitrogens is 3. The van der Waals surface area contributed by atoms with E-state index in [0.717, 1.165) is 4.88 Å². The van der Waals surface area contributed by atoms with Gasteiger partial charge in [-0.3, -0.25) is 4.79 Å². The third-order valence-corrected chi connectivity index (χ3v) is 4.78. The van der Waals surface area contributed by atoms with Crippen molar-refractivity contribution in [2.75, 3.05) is 0 Å². The summed E-state index contributed by atoms with van der Waals surface area (Å²) in [5.41, 5.74) is -1.24. The Bertz CT molecular complexity index is 1100. The van der Waals surface area contributed by atoms with Gasteiger partial charge in [0.15, 0.2) is 10.1 Å². The first kappa shape index (κ1) is 18.8. The topological polar surface area (TPSA) is 109 Å². The van der Waals surface area contributed by atoms with Crippen LogP contribution in [0.1, 0.15) is 29.2 Å². The maximum Gasteiger partial charge on any atom is 0.385 e. The van der Waals surface area contributed by atoms with E-state index < -0.39 is 23.2 Å². The Morgan fingerprint density at radius 1 is 1.48 bits per heavy atom. The van der Waals surface area contributed by atoms with Gasteiger partial charge >= 0.3 is 17.6 Å². The van der Waals surface area contributed by atoms with Crippen molar-refractivity contribution in [2.45, 2.75) is 26.0 Å². The maximum atomic E-state index is 12.7. The summed E-state index contributed by atoms with van der Waals surface area (Å²) in [4.78, 5) is 29.7. The molecule has 27 heavy (non-hydrogen) atoms. The molecule has 3 aromatic rings. The van der Waals surface area contributed by atoms with Crippen molar-refractivity contribution in [3.63, 3.8) is 0 Å². The molecule has 0 fully saturated rings. The predicted molar refractivity (Wildman–Crippen MR) is 95.6 cm³/mol. The minimum atomic E-state index is -1.47. The lowest BCUT2D eigenvalue weighted by Gasteiger charge is -2.15. The molecule has 8 nitrogen and oxygen atoms in total. The highest BCUT2D eigenvalue weighted by atomic mass is 35.5. The summed E-state index contributed by atoms with van der Waals surface area (Å²) in [6.45, 7) is 2.89. The van der Waals surface area contributed by atoms with Gasteiger partial charge in [-0.25, -0.2) is 14.3 Å². The van der Waals surface area contributed by atoms with Gasteiger partial charge in [-0.15, -0.1) is 11.3 Å². The molecule has 0 bridgehead atoms. The summed E-state index contributed by atoms with van der Waals surface area (Å²) < 4.78 is 8.13. The smallest absolute Gasteiger partial charge is 0.385 e. The summed E-state index contributed by atoms with van der Waals surface area (Å²) in [5, 5.41) is 19.5. The van der Waals surface area contributed by atoms with Gasteiger partial charge in [-0.1, -0.05) is 17.7 Å². The standard InChI is InChI=1S/C17H13ClN4O4S/c1-17(2,9-19)26-15(25)13(23)12-14(24)21-6-4-3-5-11(21)22(12)8-10-7-20-16(18)27-10/h3-7H,8H2,1-2H3/p+1. The Balaban J connectivity index is 2.10. The number of carbonyl (C=O) groups is 2. The molecule has 0 atom stereocenters. The maximum absolute atomic E-state index is 12.7. The second-order valence-corrected chi connectivity index (χ2v) is 7.80. The first-order chi connectivity index (χ1) is 12.7. The molecule has 3 aromatic heterocycles. The van der Waals surface area contributed by atoms with Crippen LogP contribution in [0.3, 0.4) is 0 Å². The van der Waals surface area contributed by atoms with Gasteiger partial charge in [0.2, 0.25) is 0 Å². The number of imidazole rings is 1. The van der Waals surface area contributed by atoms with Crippen molar-refractivity contribution in [1.29, 1.82) is 5.26 Å². The molecule has 3 rings (SSSR count). The van der Waals surface area contributed by atoms with Crippen molar-refractivity contribution in [2.24, 2.45) is 0 Å². The summed E-state index contributed by atoms with van der Waals surface area (Å²) in [5.74, 6) is -2.70. The zero-order chi connectivity index (χ0) is 19.8. The number of ether oxygens (including phenoxy) is 1. The lowest BCUT2D eigenvalue weighted by atomic mass is 10.1. The summed E-state index contributed by atoms with van der Waals surface area (Å²) in [6, 6.07) is 6.88. The second kappa shape index (κ2) is 6.98. The lowest BCUT2D eigenvalue weighted by molar-refractivity contribution is -0.521. The van der Waals surface area contributed by atoms with Crippen LogP contribution in [0.15, 0.2) is 30.6 Å². The predicted octanol–water partition coefficient (Wildman–Crippen LogP) is 2.12. The fourth-order valence-electron chi connectivity index (χ4n) is 2.48. The molecule has 0 unspecified atom stereocenters. The number of Topliss-reactive ketones (excluding diaryl/α,β-unsaturated/α-hetero) is 1. The first-order valence-corrected chi connectivity index (χ1v) is 8.94. The molecule has 1 N–H and O–H groups in total. The number of esters is 1. The SMILES string of the molecule is CC(C)(C#N)OC(=O)C(=O)c1c(O)[n+]2ccccc2n1Cc1cnc(Cl)s1. The van der Waals surface area contributed by atoms with Crippen molar-refractivity contribution in [1.82, 2.24) is 9.55 Å². The molecule has 0 amide bonds. The Kier molecular flexibility index (Phi) is 4.87. The quantitative estimate of drug-likeness (QED) is 0.301. The highest BCUT2D eigenvalue weighted by Gasteiger charge is 2.38. The number of aromatic hydroxyl groups is 1. The van der Waals surface area contributed by atoms with E-state index in [1.54, 1.807) is 36.7 Å². The zero-order valence-corrected chi connectivity index (χ0v) is 15.9. The number of carbonyl (C=O) groups excluding carboxylic acids is 2. The van der Waals surface area contributed by atoms with Crippen LogP contribution in [0.25, 0.3) is 5.65 Å². The Hall–Kier alpha value is -2.96. The summed E-state index contributed by atoms with van der Waals surface area (Å²) >= 11 is 7.08. The van der Waals surface area contributed by atoms with Gasteiger partial charge in [0.05, 0.1) is 11.1 Å². The third-order valence-electron chi connectivity index (χ3n) is 3.68. The van der Waals surface area contributed by atoms with Gasteiger partial charge < -0.3 is 9.84 Å². The zero-order valence-electron chi connectivity index (χ0n) is 14.3. The van der Waals surface area contributed by atoms with E-state index in [2.05, 4.69) is 4.98 Å². The van der Waals surface area contributed by atoms with Crippen LogP contribution >= 0.6 is 22.9 Å². The van der Waals surface area contributed by atoms with Crippen LogP contribution in [-0.2, 0) is 16.1 Å². The van der Waals surface area contributed by atoms with E-state index in [-0.39, 0.29) is 12.2 Å². The molecule has 0 spiro atoms. The minimum Gasteiger partial charge on any atom is -0.474 e. The number of fused-ring (bicyclic) bond motifs is 1. The summed E-state index contributed by atoms with van der Waals surface area (Å²) in [6.07, 6.45) is 3.11. The van der Waals surface area contributed by atoms with E-state index in [9.17, 15) is 14.7 Å². The average Bonchev–Trinajstić information content (AvgIpc) is 3.16. The minimum absolute atomic E-state index is 0.161. The van der Waals surface area contributed by atoms with Crippen LogP contribution in [0, 0.1) is 11.3 Å². The van der Waals surface area contributed by atoms with Crippen molar-refractivity contribution in [3.05, 3.63) is 45.6 Å². The molecule has 0 aliphatic carbocycles. The highest BCUT2D eigenvalue weighted by molar-refractivity contribution is 7.15. The molecule has 0 aliphatic heterocycles. The van der Waals surface area contributed by atoms with Crippen LogP contribution in [-0.4, -0.2) is 32.0 Å². The van der Waals surface area contributed by atoms with E-state index >= 15 is 0 Å². The average molecular weight is 406 g/mol. The molecule has 3 heterocycles. The van der Waals surface area contributed by atoms with E-state index in [4.69, 9.17) is 21.6 Å². The van der Waals surface area contributed by atoms with Crippen molar-refractivity contribution < 1.29 is 23.8 Å². The fourth-order valence-corrected chi connectivity index (χ4v) is 3.44. The number of pyridine rings is 1. The number of ketones is 1. The van der Waals surface area contributed by atoms with Gasteiger partial charge in [-0.05, 0) is 19.9 Å². The molecular weight excluding hydrogens is 392 g/mol. The first-order valence-electron chi connectivity index (χ1n) is 7.74. The number of nitriles is 1. The third kappa shape index (κ3) is 3.63. The van der Waals surface area contributed by atoms with Crippen LogP contribution in [0.5, 0.6) is 5.88 Å². The molecule has 0 radical (unpaired) electrons. The Labute approximate surface area is 162 Å². The van der Waals surface area contributed by atoms with Crippen LogP contribution in [0.2, 0.25) is 4.47 Å². The van der Waals surface area contributed by atoms with E-state index in [1.165, 1.54) is 34.2 Å². The van der Waals surface area contributed by atoms with Crippen LogP contribution < -0.4 is 4.40 Å². The highest BCUT2D eigenvalue weighted by Crippen LogP contribution is 2.24. The normalized spacial score (nSPS) is 11.3. The molecule has 0 aromatic carbocycles. The van der Waals surface area contributed by atoms with Gasteiger partial charge in [0.1, 0.15) is 12.6 Å². The van der Waals surface area contributed by atoms with E-state index in [0.29, 0.717) is 10.1 Å². The van der Waals surface area contributed by atoms with Gasteiger partial charge in [0, 0.05) is 12.3 Å². The lowest BCUT2D eigenvalue weighted by Crippen LogP contribution is -2.31. The number of halogens is 1. The number of nitrogens with zero attached hydrogens (tertiary/aromatic N) is 4. The summed E-state index contributed by atoms with van der Waals surface area (Å²) in [7, 11) is 0. The van der Waals surface area contributed by atoms with Crippen molar-refractivity contribution in [3.8, 4) is 11.9 Å². The fraction of sp³-hybridized carbons (Fsp3) is 0.235. The van der Waals surface area contributed by atoms with Crippen LogP contribution in [0.4, 0.5) is 0 Å². The van der Waals surface area contributed by atoms with Gasteiger partial charge in [-0.2, -0.15) is 9.66 Å². The number of rotatable bonds is 5. The molecule has 0 saturated carbocycles. The molecular formula is C17H14ClN4O4S+. The Morgan fingerprint density at radius 2 is 2.22 bits per heavy atom. The molecule has 10 heteroatoms. The van der Waals surface area contributed by atoms with Crippen molar-refractivity contribution >= 4 is 40.3 Å².